The lowest BCUT2D eigenvalue weighted by atomic mass is 9.89. The number of hydrogen-bond donors (Lipinski definition) is 0. The largest absolute Gasteiger partial charge is 0.243 e. The minimum Gasteiger partial charge on any atom is -0.212 e. The van der Waals surface area contributed by atoms with Crippen molar-refractivity contribution < 1.29 is 21.2 Å². The van der Waals surface area contributed by atoms with Gasteiger partial charge >= 0.3 is 0 Å². The fraction of sp³-hybridized carbons (Fsp3) is 0.625. The van der Waals surface area contributed by atoms with Crippen LogP contribution in [0.1, 0.15) is 31.2 Å². The summed E-state index contributed by atoms with van der Waals surface area (Å²) in [5, 5.41) is 0. The predicted octanol–water partition coefficient (Wildman–Crippen LogP) is 1.71. The Bertz CT molecular complexity index is 885. The van der Waals surface area contributed by atoms with E-state index in [0.717, 1.165) is 12.5 Å². The molecule has 2 aliphatic heterocycles. The summed E-state index contributed by atoms with van der Waals surface area (Å²) in [6, 6.07) is 3.88. The van der Waals surface area contributed by atoms with Gasteiger partial charge in [-0.2, -0.15) is 8.61 Å². The van der Waals surface area contributed by atoms with Gasteiger partial charge in [0.05, 0.1) is 11.2 Å². The molecule has 3 rings (SSSR count). The van der Waals surface area contributed by atoms with Crippen molar-refractivity contribution in [1.82, 2.24) is 8.61 Å². The van der Waals surface area contributed by atoms with Gasteiger partial charge in [-0.1, -0.05) is 6.07 Å². The molecule has 0 amide bonds. The molecule has 1 spiro atoms. The van der Waals surface area contributed by atoms with Crippen molar-refractivity contribution in [2.45, 2.75) is 43.0 Å². The maximum Gasteiger partial charge on any atom is 0.243 e. The highest BCUT2D eigenvalue weighted by Gasteiger charge is 2.49. The number of hydrogen-bond acceptors (Lipinski definition) is 4. The van der Waals surface area contributed by atoms with E-state index in [2.05, 4.69) is 0 Å². The summed E-state index contributed by atoms with van der Waals surface area (Å²) in [5.74, 6) is -0.563. The van der Waals surface area contributed by atoms with Crippen LogP contribution in [-0.2, 0) is 20.0 Å². The fourth-order valence-corrected chi connectivity index (χ4v) is 6.97. The van der Waals surface area contributed by atoms with E-state index in [1.807, 2.05) is 0 Å². The molecule has 0 aliphatic carbocycles. The maximum atomic E-state index is 13.8. The van der Waals surface area contributed by atoms with E-state index in [1.165, 1.54) is 27.0 Å². The van der Waals surface area contributed by atoms with E-state index in [1.54, 1.807) is 6.92 Å². The third kappa shape index (κ3) is 3.34. The van der Waals surface area contributed by atoms with Crippen molar-refractivity contribution in [2.24, 2.45) is 0 Å². The maximum absolute atomic E-state index is 13.8. The molecular formula is C16H23FN2O4S2. The predicted molar refractivity (Wildman–Crippen MR) is 92.6 cm³/mol. The van der Waals surface area contributed by atoms with Crippen LogP contribution in [-0.4, -0.2) is 56.9 Å². The molecule has 2 fully saturated rings. The van der Waals surface area contributed by atoms with Gasteiger partial charge < -0.3 is 0 Å². The molecular weight excluding hydrogens is 367 g/mol. The smallest absolute Gasteiger partial charge is 0.212 e. The van der Waals surface area contributed by atoms with Crippen molar-refractivity contribution in [1.29, 1.82) is 0 Å². The van der Waals surface area contributed by atoms with E-state index in [0.29, 0.717) is 37.9 Å². The van der Waals surface area contributed by atoms with Gasteiger partial charge in [0.1, 0.15) is 5.82 Å². The average Bonchev–Trinajstić information content (AvgIpc) is 2.93. The minimum atomic E-state index is -3.86. The number of halogens is 1. The van der Waals surface area contributed by atoms with Crippen LogP contribution in [0.3, 0.4) is 0 Å². The second-order valence-corrected chi connectivity index (χ2v) is 10.9. The summed E-state index contributed by atoms with van der Waals surface area (Å²) in [6.45, 7) is 2.44. The third-order valence-electron chi connectivity index (χ3n) is 5.23. The van der Waals surface area contributed by atoms with Crippen LogP contribution in [0.4, 0.5) is 4.39 Å². The molecule has 6 nitrogen and oxygen atoms in total. The van der Waals surface area contributed by atoms with E-state index >= 15 is 0 Å². The topological polar surface area (TPSA) is 74.8 Å². The molecule has 1 aromatic rings. The lowest BCUT2D eigenvalue weighted by Crippen LogP contribution is -2.58. The molecule has 2 aliphatic rings. The van der Waals surface area contributed by atoms with Crippen LogP contribution >= 0.6 is 0 Å². The molecule has 9 heteroatoms. The Morgan fingerprint density at radius 2 is 1.72 bits per heavy atom. The molecule has 25 heavy (non-hydrogen) atoms. The first-order valence-electron chi connectivity index (χ1n) is 8.30. The Kier molecular flexibility index (Phi) is 4.72. The molecule has 0 N–H and O–H groups in total. The molecule has 0 bridgehead atoms. The third-order valence-corrected chi connectivity index (χ3v) is 8.45. The molecule has 0 aromatic heterocycles. The standard InChI is InChI=1S/C16H23FN2O4S2/c1-13-5-6-14(11-15(13)17)25(22,23)18-9-3-7-16(12-18)8-4-10-19(16)24(2,20)21/h5-6,11H,3-4,7-10,12H2,1-2H3/t16-/m1/s1. The van der Waals surface area contributed by atoms with Gasteiger partial charge in [0.25, 0.3) is 0 Å². The van der Waals surface area contributed by atoms with Crippen molar-refractivity contribution >= 4 is 20.0 Å². The highest BCUT2D eigenvalue weighted by atomic mass is 32.2. The Hall–Kier alpha value is -1.03. The van der Waals surface area contributed by atoms with Gasteiger partial charge in [-0.25, -0.2) is 21.2 Å². The number of rotatable bonds is 3. The molecule has 0 radical (unpaired) electrons. The Labute approximate surface area is 148 Å². The van der Waals surface area contributed by atoms with Crippen LogP contribution in [0.2, 0.25) is 0 Å². The summed E-state index contributed by atoms with van der Waals surface area (Å²) in [4.78, 5) is -0.0865. The Morgan fingerprint density at radius 1 is 1.08 bits per heavy atom. The van der Waals surface area contributed by atoms with E-state index < -0.39 is 31.4 Å². The molecule has 2 heterocycles. The molecule has 140 valence electrons. The highest BCUT2D eigenvalue weighted by molar-refractivity contribution is 7.89. The quantitative estimate of drug-likeness (QED) is 0.788. The van der Waals surface area contributed by atoms with E-state index in [9.17, 15) is 21.2 Å². The summed E-state index contributed by atoms with van der Waals surface area (Å²) < 4.78 is 66.7. The summed E-state index contributed by atoms with van der Waals surface area (Å²) in [7, 11) is -7.27. The molecule has 2 saturated heterocycles. The number of nitrogens with zero attached hydrogens (tertiary/aromatic N) is 2. The molecule has 1 aromatic carbocycles. The van der Waals surface area contributed by atoms with E-state index in [4.69, 9.17) is 0 Å². The molecule has 0 unspecified atom stereocenters. The van der Waals surface area contributed by atoms with Crippen LogP contribution in [0.15, 0.2) is 23.1 Å². The summed E-state index contributed by atoms with van der Waals surface area (Å²) in [6.07, 6.45) is 3.77. The van der Waals surface area contributed by atoms with Gasteiger partial charge in [-0.15, -0.1) is 0 Å². The second-order valence-electron chi connectivity index (χ2n) is 7.02. The van der Waals surface area contributed by atoms with Gasteiger partial charge in [0.15, 0.2) is 0 Å². The fourth-order valence-electron chi connectivity index (χ4n) is 4.00. The Balaban J connectivity index is 1.94. The first-order chi connectivity index (χ1) is 11.6. The SMILES string of the molecule is Cc1ccc(S(=O)(=O)N2CCC[C@@]3(CCCN3S(C)(=O)=O)C2)cc1F. The normalized spacial score (nSPS) is 26.4. The number of benzene rings is 1. The van der Waals surface area contributed by atoms with Crippen LogP contribution < -0.4 is 0 Å². The molecule has 0 saturated carbocycles. The minimum absolute atomic E-state index is 0.0865. The molecule has 1 atom stereocenters. The zero-order chi connectivity index (χ0) is 18.5. The number of piperidine rings is 1. The lowest BCUT2D eigenvalue weighted by Gasteiger charge is -2.44. The van der Waals surface area contributed by atoms with Gasteiger partial charge in [0.2, 0.25) is 20.0 Å². The first-order valence-corrected chi connectivity index (χ1v) is 11.6. The average molecular weight is 391 g/mol. The van der Waals surface area contributed by atoms with Gasteiger partial charge in [-0.05, 0) is 50.3 Å². The van der Waals surface area contributed by atoms with E-state index in [-0.39, 0.29) is 11.4 Å². The number of sulfonamides is 2. The zero-order valence-corrected chi connectivity index (χ0v) is 16.0. The van der Waals surface area contributed by atoms with Crippen LogP contribution in [0.25, 0.3) is 0 Å². The zero-order valence-electron chi connectivity index (χ0n) is 14.4. The number of aryl methyl sites for hydroxylation is 1. The summed E-state index contributed by atoms with van der Waals surface area (Å²) >= 11 is 0. The van der Waals surface area contributed by atoms with Gasteiger partial charge in [0, 0.05) is 25.2 Å². The summed E-state index contributed by atoms with van der Waals surface area (Å²) in [5.41, 5.74) is -0.296. The van der Waals surface area contributed by atoms with Crippen LogP contribution in [0.5, 0.6) is 0 Å². The second kappa shape index (κ2) is 6.29. The lowest BCUT2D eigenvalue weighted by molar-refractivity contribution is 0.138. The Morgan fingerprint density at radius 3 is 2.32 bits per heavy atom. The van der Waals surface area contributed by atoms with Crippen LogP contribution in [0, 0.1) is 12.7 Å². The van der Waals surface area contributed by atoms with Gasteiger partial charge in [-0.3, -0.25) is 0 Å². The van der Waals surface area contributed by atoms with Crippen molar-refractivity contribution in [3.63, 3.8) is 0 Å². The van der Waals surface area contributed by atoms with Crippen molar-refractivity contribution in [2.75, 3.05) is 25.9 Å². The highest BCUT2D eigenvalue weighted by Crippen LogP contribution is 2.40. The van der Waals surface area contributed by atoms with Crippen molar-refractivity contribution in [3.05, 3.63) is 29.6 Å². The van der Waals surface area contributed by atoms with Crippen molar-refractivity contribution in [3.8, 4) is 0 Å². The monoisotopic (exact) mass is 390 g/mol. The first kappa shape index (κ1) is 18.8.